The number of aryl methyl sites for hydroxylation is 1. The van der Waals surface area contributed by atoms with Crippen molar-refractivity contribution in [2.75, 3.05) is 12.9 Å². The lowest BCUT2D eigenvalue weighted by atomic mass is 10.3. The molecule has 1 heterocycles. The lowest BCUT2D eigenvalue weighted by Gasteiger charge is -2.14. The van der Waals surface area contributed by atoms with Gasteiger partial charge >= 0.3 is 6.18 Å². The van der Waals surface area contributed by atoms with Crippen LogP contribution >= 0.6 is 11.8 Å². The van der Waals surface area contributed by atoms with Crippen LogP contribution in [0.2, 0.25) is 0 Å². The van der Waals surface area contributed by atoms with Crippen molar-refractivity contribution in [2.45, 2.75) is 24.4 Å². The van der Waals surface area contributed by atoms with Crippen LogP contribution in [0.1, 0.15) is 5.82 Å². The molecule has 2 rings (SSSR count). The van der Waals surface area contributed by atoms with E-state index in [9.17, 15) is 13.2 Å². The largest absolute Gasteiger partial charge is 0.497 e. The van der Waals surface area contributed by atoms with E-state index in [4.69, 9.17) is 9.84 Å². The molecule has 1 aromatic carbocycles. The van der Waals surface area contributed by atoms with Gasteiger partial charge in [0, 0.05) is 11.4 Å². The quantitative estimate of drug-likeness (QED) is 0.852. The number of aromatic nitrogens is 3. The molecule has 0 aliphatic heterocycles. The molecule has 2 aromatic rings. The van der Waals surface area contributed by atoms with E-state index < -0.39 is 18.0 Å². The smallest absolute Gasteiger partial charge is 0.415 e. The lowest BCUT2D eigenvalue weighted by molar-refractivity contribution is -0.195. The molecule has 0 unspecified atom stereocenters. The molecule has 1 aromatic heterocycles. The number of aliphatic hydroxyl groups is 1. The topological polar surface area (TPSA) is 60.2 Å². The van der Waals surface area contributed by atoms with E-state index in [0.29, 0.717) is 17.3 Å². The number of rotatable bonds is 5. The number of halogens is 3. The Hall–Kier alpha value is -1.74. The van der Waals surface area contributed by atoms with Crippen LogP contribution in [0.25, 0.3) is 5.69 Å². The van der Waals surface area contributed by atoms with E-state index >= 15 is 0 Å². The van der Waals surface area contributed by atoms with Gasteiger partial charge in [-0.2, -0.15) is 13.2 Å². The maximum atomic E-state index is 12.3. The molecule has 9 heteroatoms. The van der Waals surface area contributed by atoms with Gasteiger partial charge in [-0.25, -0.2) is 0 Å². The Labute approximate surface area is 129 Å². The van der Waals surface area contributed by atoms with Crippen molar-refractivity contribution in [1.29, 1.82) is 0 Å². The molecule has 0 bridgehead atoms. The molecule has 0 aliphatic rings. The molecule has 0 amide bonds. The Morgan fingerprint density at radius 1 is 1.27 bits per heavy atom. The van der Waals surface area contributed by atoms with Gasteiger partial charge in [-0.3, -0.25) is 4.57 Å². The maximum Gasteiger partial charge on any atom is 0.415 e. The van der Waals surface area contributed by atoms with Gasteiger partial charge in [0.25, 0.3) is 0 Å². The Kier molecular flexibility index (Phi) is 4.97. The second kappa shape index (κ2) is 6.57. The van der Waals surface area contributed by atoms with Crippen molar-refractivity contribution in [3.05, 3.63) is 30.1 Å². The van der Waals surface area contributed by atoms with Crippen molar-refractivity contribution in [1.82, 2.24) is 14.8 Å². The summed E-state index contributed by atoms with van der Waals surface area (Å²) >= 11 is 0.796. The summed E-state index contributed by atoms with van der Waals surface area (Å²) in [5.41, 5.74) is 0.701. The van der Waals surface area contributed by atoms with Gasteiger partial charge in [0.2, 0.25) is 0 Å². The molecular weight excluding hydrogens is 319 g/mol. The number of hydrogen-bond donors (Lipinski definition) is 1. The highest BCUT2D eigenvalue weighted by atomic mass is 32.2. The summed E-state index contributed by atoms with van der Waals surface area (Å²) < 4.78 is 43.7. The molecule has 120 valence electrons. The minimum atomic E-state index is -4.65. The Morgan fingerprint density at radius 2 is 1.91 bits per heavy atom. The van der Waals surface area contributed by atoms with Crippen LogP contribution < -0.4 is 4.74 Å². The fourth-order valence-electron chi connectivity index (χ4n) is 1.71. The molecule has 1 N–H and O–H groups in total. The zero-order valence-corrected chi connectivity index (χ0v) is 12.6. The zero-order chi connectivity index (χ0) is 16.3. The van der Waals surface area contributed by atoms with Crippen molar-refractivity contribution < 1.29 is 23.0 Å². The molecule has 22 heavy (non-hydrogen) atoms. The predicted molar refractivity (Wildman–Crippen MR) is 75.4 cm³/mol. The maximum absolute atomic E-state index is 12.3. The third-order valence-corrected chi connectivity index (χ3v) is 3.88. The number of hydrogen-bond acceptors (Lipinski definition) is 5. The normalized spacial score (nSPS) is 13.2. The van der Waals surface area contributed by atoms with E-state index in [0.717, 1.165) is 11.8 Å². The molecule has 1 atom stereocenters. The van der Waals surface area contributed by atoms with E-state index in [1.807, 2.05) is 0 Å². The number of alkyl halides is 3. The Bertz CT molecular complexity index is 628. The molecule has 5 nitrogen and oxygen atoms in total. The summed E-state index contributed by atoms with van der Waals surface area (Å²) in [6.07, 6.45) is -7.05. The van der Waals surface area contributed by atoms with Gasteiger partial charge in [-0.1, -0.05) is 11.8 Å². The molecule has 0 saturated heterocycles. The highest BCUT2D eigenvalue weighted by Crippen LogP contribution is 2.28. The van der Waals surface area contributed by atoms with Crippen molar-refractivity contribution in [2.24, 2.45) is 0 Å². The first-order valence-corrected chi connectivity index (χ1v) is 7.25. The molecule has 0 fully saturated rings. The summed E-state index contributed by atoms with van der Waals surface area (Å²) in [5, 5.41) is 17.1. The van der Waals surface area contributed by atoms with E-state index in [-0.39, 0.29) is 5.16 Å². The van der Waals surface area contributed by atoms with Gasteiger partial charge in [0.1, 0.15) is 11.6 Å². The molecule has 0 aliphatic carbocycles. The molecule has 0 spiro atoms. The highest BCUT2D eigenvalue weighted by molar-refractivity contribution is 7.99. The monoisotopic (exact) mass is 333 g/mol. The van der Waals surface area contributed by atoms with Gasteiger partial charge < -0.3 is 9.84 Å². The average Bonchev–Trinajstić information content (AvgIpc) is 2.84. The fraction of sp³-hybridized carbons (Fsp3) is 0.385. The molecular formula is C13H14F3N3O2S. The minimum Gasteiger partial charge on any atom is -0.497 e. The van der Waals surface area contributed by atoms with Crippen LogP contribution in [0.4, 0.5) is 13.2 Å². The van der Waals surface area contributed by atoms with Crippen LogP contribution in [0.3, 0.4) is 0 Å². The predicted octanol–water partition coefficient (Wildman–Crippen LogP) is 2.60. The minimum absolute atomic E-state index is 0.283. The average molecular weight is 333 g/mol. The Balaban J connectivity index is 2.20. The first-order chi connectivity index (χ1) is 10.3. The van der Waals surface area contributed by atoms with Gasteiger partial charge in [-0.05, 0) is 31.2 Å². The summed E-state index contributed by atoms with van der Waals surface area (Å²) in [5.74, 6) is 0.656. The first kappa shape index (κ1) is 16.6. The summed E-state index contributed by atoms with van der Waals surface area (Å²) in [6.45, 7) is 1.70. The second-order valence-corrected chi connectivity index (χ2v) is 5.42. The van der Waals surface area contributed by atoms with Gasteiger partial charge in [0.15, 0.2) is 11.3 Å². The number of benzene rings is 1. The van der Waals surface area contributed by atoms with Crippen molar-refractivity contribution >= 4 is 11.8 Å². The summed E-state index contributed by atoms with van der Waals surface area (Å²) in [4.78, 5) is 0. The Morgan fingerprint density at radius 3 is 2.45 bits per heavy atom. The number of nitrogens with zero attached hydrogens (tertiary/aromatic N) is 3. The van der Waals surface area contributed by atoms with Crippen LogP contribution in [-0.2, 0) is 0 Å². The number of aliphatic hydroxyl groups excluding tert-OH is 1. The number of ether oxygens (including phenoxy) is 1. The third kappa shape index (κ3) is 3.72. The second-order valence-electron chi connectivity index (χ2n) is 4.43. The van der Waals surface area contributed by atoms with E-state index in [1.54, 1.807) is 42.9 Å². The number of methoxy groups -OCH3 is 1. The van der Waals surface area contributed by atoms with Crippen LogP contribution in [0.5, 0.6) is 5.75 Å². The lowest BCUT2D eigenvalue weighted by Crippen LogP contribution is -2.30. The van der Waals surface area contributed by atoms with Gasteiger partial charge in [0.05, 0.1) is 7.11 Å². The van der Waals surface area contributed by atoms with E-state index in [1.165, 1.54) is 0 Å². The van der Waals surface area contributed by atoms with Gasteiger partial charge in [-0.15, -0.1) is 10.2 Å². The van der Waals surface area contributed by atoms with Crippen LogP contribution in [0.15, 0.2) is 29.4 Å². The first-order valence-electron chi connectivity index (χ1n) is 6.27. The summed E-state index contributed by atoms with van der Waals surface area (Å²) in [6, 6.07) is 6.96. The highest BCUT2D eigenvalue weighted by Gasteiger charge is 2.38. The van der Waals surface area contributed by atoms with Crippen molar-refractivity contribution in [3.63, 3.8) is 0 Å². The summed E-state index contributed by atoms with van der Waals surface area (Å²) in [7, 11) is 1.54. The number of thioether (sulfide) groups is 1. The van der Waals surface area contributed by atoms with Crippen molar-refractivity contribution in [3.8, 4) is 11.4 Å². The van der Waals surface area contributed by atoms with E-state index in [2.05, 4.69) is 10.2 Å². The fourth-order valence-corrected chi connectivity index (χ4v) is 2.67. The SMILES string of the molecule is COc1ccc(-n2c(C)nnc2SC[C@@H](O)C(F)(F)F)cc1. The van der Waals surface area contributed by atoms with Crippen LogP contribution in [-0.4, -0.2) is 45.0 Å². The zero-order valence-electron chi connectivity index (χ0n) is 11.8. The standard InChI is InChI=1S/C13H14F3N3O2S/c1-8-17-18-12(22-7-11(20)13(14,15)16)19(8)9-3-5-10(21-2)6-4-9/h3-6,11,20H,7H2,1-2H3/t11-/m1/s1. The molecule has 0 radical (unpaired) electrons. The molecule has 0 saturated carbocycles. The van der Waals surface area contributed by atoms with Crippen LogP contribution in [0, 0.1) is 6.92 Å². The third-order valence-electron chi connectivity index (χ3n) is 2.87.